The van der Waals surface area contributed by atoms with Crippen LogP contribution in [0.1, 0.15) is 17.0 Å². The number of nitriles is 1. The normalized spacial score (nSPS) is 11.7. The number of H-pyrrole nitrogens is 1. The second-order valence-electron chi connectivity index (χ2n) is 5.11. The van der Waals surface area contributed by atoms with E-state index in [-0.39, 0.29) is 10.8 Å². The summed E-state index contributed by atoms with van der Waals surface area (Å²) in [7, 11) is 0. The van der Waals surface area contributed by atoms with Gasteiger partial charge in [0.25, 0.3) is 0 Å². The van der Waals surface area contributed by atoms with Gasteiger partial charge in [-0.25, -0.2) is 4.98 Å². The first-order valence-corrected chi connectivity index (χ1v) is 7.91. The van der Waals surface area contributed by atoms with Crippen molar-refractivity contribution in [1.82, 2.24) is 9.97 Å². The molecule has 4 nitrogen and oxygen atoms in total. The first-order chi connectivity index (χ1) is 11.0. The third-order valence-electron chi connectivity index (χ3n) is 3.36. The second kappa shape index (κ2) is 6.07. The van der Waals surface area contributed by atoms with Crippen LogP contribution in [-0.4, -0.2) is 15.1 Å². The van der Waals surface area contributed by atoms with Crippen molar-refractivity contribution in [1.29, 1.82) is 5.26 Å². The molecule has 0 amide bonds. The van der Waals surface area contributed by atoms with Gasteiger partial charge >= 0.3 is 0 Å². The van der Waals surface area contributed by atoms with Crippen molar-refractivity contribution >= 4 is 50.2 Å². The molecule has 0 saturated heterocycles. The van der Waals surface area contributed by atoms with Crippen molar-refractivity contribution in [2.24, 2.45) is 0 Å². The van der Waals surface area contributed by atoms with Crippen LogP contribution in [0.25, 0.3) is 22.7 Å². The molecule has 3 aromatic rings. The largest absolute Gasteiger partial charge is 0.505 e. The van der Waals surface area contributed by atoms with Crippen LogP contribution in [0.2, 0.25) is 5.02 Å². The van der Waals surface area contributed by atoms with Gasteiger partial charge in [-0.15, -0.1) is 0 Å². The zero-order valence-corrected chi connectivity index (χ0v) is 14.4. The SMILES string of the molecule is Cc1ccc2nc(C(C#N)=Cc3cc(Cl)c(O)c(Br)c3)[nH]c2c1. The van der Waals surface area contributed by atoms with Crippen LogP contribution >= 0.6 is 27.5 Å². The van der Waals surface area contributed by atoms with Crippen molar-refractivity contribution in [3.63, 3.8) is 0 Å². The quantitative estimate of drug-likeness (QED) is 0.603. The van der Waals surface area contributed by atoms with Gasteiger partial charge in [-0.2, -0.15) is 5.26 Å². The number of phenols is 1. The van der Waals surface area contributed by atoms with Crippen LogP contribution in [-0.2, 0) is 0 Å². The van der Waals surface area contributed by atoms with Crippen LogP contribution in [0.5, 0.6) is 5.75 Å². The molecule has 0 radical (unpaired) electrons. The van der Waals surface area contributed by atoms with Crippen molar-refractivity contribution in [2.75, 3.05) is 0 Å². The van der Waals surface area contributed by atoms with Gasteiger partial charge in [0.1, 0.15) is 17.6 Å². The van der Waals surface area contributed by atoms with Crippen LogP contribution in [0.15, 0.2) is 34.8 Å². The summed E-state index contributed by atoms with van der Waals surface area (Å²) in [5.74, 6) is 0.468. The standard InChI is InChI=1S/C17H11BrClN3O/c1-9-2-3-14-15(4-9)22-17(21-14)11(8-20)5-10-6-12(18)16(23)13(19)7-10/h2-7,23H,1H3,(H,21,22). The number of imidazole rings is 1. The summed E-state index contributed by atoms with van der Waals surface area (Å²) in [6.07, 6.45) is 1.67. The predicted octanol–water partition coefficient (Wildman–Crippen LogP) is 5.06. The first kappa shape index (κ1) is 15.6. The van der Waals surface area contributed by atoms with E-state index in [9.17, 15) is 10.4 Å². The van der Waals surface area contributed by atoms with Gasteiger partial charge in [-0.05, 0) is 64.3 Å². The fourth-order valence-corrected chi connectivity index (χ4v) is 3.06. The molecule has 1 aromatic heterocycles. The molecule has 0 unspecified atom stereocenters. The number of fused-ring (bicyclic) bond motifs is 1. The minimum atomic E-state index is -0.0264. The third-order valence-corrected chi connectivity index (χ3v) is 4.26. The van der Waals surface area contributed by atoms with Gasteiger partial charge in [-0.3, -0.25) is 0 Å². The highest BCUT2D eigenvalue weighted by Crippen LogP contribution is 2.34. The summed E-state index contributed by atoms with van der Waals surface area (Å²) < 4.78 is 0.466. The summed E-state index contributed by atoms with van der Waals surface area (Å²) in [6.45, 7) is 2.00. The molecule has 0 aliphatic heterocycles. The Kier molecular flexibility index (Phi) is 4.12. The molecule has 2 aromatic carbocycles. The van der Waals surface area contributed by atoms with E-state index in [2.05, 4.69) is 32.0 Å². The number of nitrogens with one attached hydrogen (secondary N) is 1. The molecule has 0 fully saturated rings. The van der Waals surface area contributed by atoms with E-state index >= 15 is 0 Å². The molecule has 2 N–H and O–H groups in total. The van der Waals surface area contributed by atoms with Gasteiger partial charge in [0.2, 0.25) is 0 Å². The highest BCUT2D eigenvalue weighted by molar-refractivity contribution is 9.10. The number of phenolic OH excluding ortho intramolecular Hbond substituents is 1. The minimum absolute atomic E-state index is 0.0264. The van der Waals surface area contributed by atoms with Crippen LogP contribution in [0.3, 0.4) is 0 Å². The Morgan fingerprint density at radius 1 is 1.39 bits per heavy atom. The summed E-state index contributed by atoms with van der Waals surface area (Å²) in [6, 6.07) is 11.3. The number of aromatic hydroxyl groups is 1. The molecular formula is C17H11BrClN3O. The molecule has 1 heterocycles. The summed E-state index contributed by atoms with van der Waals surface area (Å²) >= 11 is 9.19. The van der Waals surface area contributed by atoms with E-state index in [1.807, 2.05) is 25.1 Å². The second-order valence-corrected chi connectivity index (χ2v) is 6.37. The monoisotopic (exact) mass is 387 g/mol. The molecule has 0 bridgehead atoms. The molecule has 114 valence electrons. The third kappa shape index (κ3) is 3.09. The number of aromatic amines is 1. The number of hydrogen-bond acceptors (Lipinski definition) is 3. The van der Waals surface area contributed by atoms with E-state index < -0.39 is 0 Å². The zero-order chi connectivity index (χ0) is 16.6. The number of halogens is 2. The number of nitrogens with zero attached hydrogens (tertiary/aromatic N) is 2. The fraction of sp³-hybridized carbons (Fsp3) is 0.0588. The maximum Gasteiger partial charge on any atom is 0.149 e. The molecule has 0 aliphatic rings. The van der Waals surface area contributed by atoms with E-state index in [1.54, 1.807) is 18.2 Å². The number of allylic oxidation sites excluding steroid dienone is 1. The smallest absolute Gasteiger partial charge is 0.149 e. The van der Waals surface area contributed by atoms with E-state index in [0.29, 0.717) is 21.4 Å². The van der Waals surface area contributed by atoms with E-state index in [0.717, 1.165) is 16.6 Å². The van der Waals surface area contributed by atoms with Crippen LogP contribution < -0.4 is 0 Å². The van der Waals surface area contributed by atoms with Gasteiger partial charge in [0.05, 0.1) is 26.1 Å². The topological polar surface area (TPSA) is 72.7 Å². The predicted molar refractivity (Wildman–Crippen MR) is 95.1 cm³/mol. The number of aryl methyl sites for hydroxylation is 1. The lowest BCUT2D eigenvalue weighted by Gasteiger charge is -2.02. The maximum atomic E-state index is 9.68. The summed E-state index contributed by atoms with van der Waals surface area (Å²) in [5, 5.41) is 19.3. The van der Waals surface area contributed by atoms with Gasteiger partial charge < -0.3 is 10.1 Å². The Balaban J connectivity index is 2.09. The van der Waals surface area contributed by atoms with Crippen molar-refractivity contribution < 1.29 is 5.11 Å². The summed E-state index contributed by atoms with van der Waals surface area (Å²) in [5.41, 5.74) is 3.87. The lowest BCUT2D eigenvalue weighted by molar-refractivity contribution is 0.472. The number of rotatable bonds is 2. The summed E-state index contributed by atoms with van der Waals surface area (Å²) in [4.78, 5) is 7.60. The molecular weight excluding hydrogens is 378 g/mol. The average Bonchev–Trinajstić information content (AvgIpc) is 2.92. The maximum absolute atomic E-state index is 9.68. The van der Waals surface area contributed by atoms with Crippen LogP contribution in [0, 0.1) is 18.3 Å². The molecule has 0 saturated carbocycles. The molecule has 23 heavy (non-hydrogen) atoms. The highest BCUT2D eigenvalue weighted by atomic mass is 79.9. The number of hydrogen-bond donors (Lipinski definition) is 2. The van der Waals surface area contributed by atoms with Crippen molar-refractivity contribution in [3.8, 4) is 11.8 Å². The van der Waals surface area contributed by atoms with Gasteiger partial charge in [-0.1, -0.05) is 17.7 Å². The van der Waals surface area contributed by atoms with Crippen molar-refractivity contribution in [2.45, 2.75) is 6.92 Å². The first-order valence-electron chi connectivity index (χ1n) is 6.74. The molecule has 0 atom stereocenters. The lowest BCUT2D eigenvalue weighted by Crippen LogP contribution is -1.85. The average molecular weight is 389 g/mol. The number of benzene rings is 2. The minimum Gasteiger partial charge on any atom is -0.505 e. The highest BCUT2D eigenvalue weighted by Gasteiger charge is 2.10. The van der Waals surface area contributed by atoms with Crippen molar-refractivity contribution in [3.05, 3.63) is 56.8 Å². The lowest BCUT2D eigenvalue weighted by atomic mass is 10.1. The zero-order valence-electron chi connectivity index (χ0n) is 12.1. The van der Waals surface area contributed by atoms with Gasteiger partial charge in [0, 0.05) is 0 Å². The molecule has 6 heteroatoms. The Hall–Kier alpha value is -2.29. The number of aromatic nitrogens is 2. The Morgan fingerprint density at radius 3 is 2.87 bits per heavy atom. The fourth-order valence-electron chi connectivity index (χ4n) is 2.24. The van der Waals surface area contributed by atoms with E-state index in [4.69, 9.17) is 11.6 Å². The molecule has 0 spiro atoms. The van der Waals surface area contributed by atoms with Gasteiger partial charge in [0.15, 0.2) is 0 Å². The Morgan fingerprint density at radius 2 is 2.17 bits per heavy atom. The molecule has 0 aliphatic carbocycles. The Bertz CT molecular complexity index is 962. The van der Waals surface area contributed by atoms with E-state index in [1.165, 1.54) is 0 Å². The van der Waals surface area contributed by atoms with Crippen LogP contribution in [0.4, 0.5) is 0 Å². The molecule has 3 rings (SSSR count). The Labute approximate surface area is 146 Å².